The van der Waals surface area contributed by atoms with Crippen LogP contribution in [-0.2, 0) is 6.54 Å². The van der Waals surface area contributed by atoms with Gasteiger partial charge in [0.1, 0.15) is 12.2 Å². The second kappa shape index (κ2) is 3.90. The zero-order chi connectivity index (χ0) is 10.1. The molecule has 5 nitrogen and oxygen atoms in total. The van der Waals surface area contributed by atoms with E-state index in [9.17, 15) is 0 Å². The molecule has 0 amide bonds. The summed E-state index contributed by atoms with van der Waals surface area (Å²) in [4.78, 5) is 6.86. The molecule has 15 heavy (non-hydrogen) atoms. The molecule has 1 unspecified atom stereocenters. The summed E-state index contributed by atoms with van der Waals surface area (Å²) in [6, 6.07) is 0.374. The van der Waals surface area contributed by atoms with Crippen LogP contribution in [0.5, 0.6) is 0 Å². The Bertz CT molecular complexity index is 328. The summed E-state index contributed by atoms with van der Waals surface area (Å²) in [5, 5.41) is 7.75. The lowest BCUT2D eigenvalue weighted by Gasteiger charge is -2.27. The number of fused-ring (bicyclic) bond motifs is 1. The number of likely N-dealkylation sites (tertiary alicyclic amines) is 1. The molecule has 1 N–H and O–H groups in total. The monoisotopic (exact) mass is 207 g/mol. The zero-order valence-electron chi connectivity index (χ0n) is 8.89. The molecule has 1 aromatic heterocycles. The van der Waals surface area contributed by atoms with Crippen molar-refractivity contribution >= 4 is 0 Å². The van der Waals surface area contributed by atoms with Crippen molar-refractivity contribution in [3.63, 3.8) is 0 Å². The largest absolute Gasteiger partial charge is 0.304 e. The molecule has 3 heterocycles. The van der Waals surface area contributed by atoms with E-state index in [2.05, 4.69) is 20.3 Å². The maximum absolute atomic E-state index is 4.34. The predicted molar refractivity (Wildman–Crippen MR) is 56.4 cm³/mol. The molecule has 1 aromatic rings. The van der Waals surface area contributed by atoms with Gasteiger partial charge in [0.25, 0.3) is 0 Å². The minimum Gasteiger partial charge on any atom is -0.304 e. The topological polar surface area (TPSA) is 46.0 Å². The average molecular weight is 207 g/mol. The van der Waals surface area contributed by atoms with Crippen molar-refractivity contribution in [2.24, 2.45) is 0 Å². The van der Waals surface area contributed by atoms with Crippen molar-refractivity contribution in [3.05, 3.63) is 12.2 Å². The maximum atomic E-state index is 4.34. The van der Waals surface area contributed by atoms with Gasteiger partial charge in [-0.3, -0.25) is 0 Å². The SMILES string of the molecule is c1nc2n(n1)CCNC2CN1CCCC1. The highest BCUT2D eigenvalue weighted by Crippen LogP contribution is 2.17. The summed E-state index contributed by atoms with van der Waals surface area (Å²) in [5.41, 5.74) is 0. The van der Waals surface area contributed by atoms with Crippen molar-refractivity contribution in [1.82, 2.24) is 25.0 Å². The van der Waals surface area contributed by atoms with Crippen molar-refractivity contribution < 1.29 is 0 Å². The molecule has 0 bridgehead atoms. The van der Waals surface area contributed by atoms with Gasteiger partial charge in [0, 0.05) is 13.1 Å². The van der Waals surface area contributed by atoms with Gasteiger partial charge in [-0.05, 0) is 25.9 Å². The fourth-order valence-electron chi connectivity index (χ4n) is 2.52. The lowest BCUT2D eigenvalue weighted by Crippen LogP contribution is -2.40. The minimum absolute atomic E-state index is 0.374. The Kier molecular flexibility index (Phi) is 2.42. The van der Waals surface area contributed by atoms with Crippen molar-refractivity contribution in [1.29, 1.82) is 0 Å². The van der Waals surface area contributed by atoms with Crippen LogP contribution in [0.25, 0.3) is 0 Å². The van der Waals surface area contributed by atoms with Gasteiger partial charge in [-0.25, -0.2) is 9.67 Å². The lowest BCUT2D eigenvalue weighted by atomic mass is 10.2. The fraction of sp³-hybridized carbons (Fsp3) is 0.800. The highest BCUT2D eigenvalue weighted by Gasteiger charge is 2.25. The Hall–Kier alpha value is -0.940. The summed E-state index contributed by atoms with van der Waals surface area (Å²) in [6.07, 6.45) is 4.36. The molecule has 82 valence electrons. The molecule has 1 saturated heterocycles. The number of aromatic nitrogens is 3. The van der Waals surface area contributed by atoms with Crippen LogP contribution in [0.2, 0.25) is 0 Å². The van der Waals surface area contributed by atoms with Crippen LogP contribution >= 0.6 is 0 Å². The summed E-state index contributed by atoms with van der Waals surface area (Å²) in [5.74, 6) is 1.10. The first-order chi connectivity index (χ1) is 7.43. The molecule has 0 radical (unpaired) electrons. The molecule has 3 rings (SSSR count). The van der Waals surface area contributed by atoms with Gasteiger partial charge < -0.3 is 10.2 Å². The second-order valence-corrected chi connectivity index (χ2v) is 4.36. The van der Waals surface area contributed by atoms with E-state index in [1.165, 1.54) is 25.9 Å². The molecule has 1 fully saturated rings. The quantitative estimate of drug-likeness (QED) is 0.742. The summed E-state index contributed by atoms with van der Waals surface area (Å²) >= 11 is 0. The number of rotatable bonds is 2. The van der Waals surface area contributed by atoms with E-state index in [0.29, 0.717) is 6.04 Å². The molecule has 0 aromatic carbocycles. The maximum Gasteiger partial charge on any atom is 0.145 e. The van der Waals surface area contributed by atoms with Crippen LogP contribution in [0.15, 0.2) is 6.33 Å². The smallest absolute Gasteiger partial charge is 0.145 e. The van der Waals surface area contributed by atoms with Crippen molar-refractivity contribution in [2.45, 2.75) is 25.4 Å². The van der Waals surface area contributed by atoms with Crippen molar-refractivity contribution in [3.8, 4) is 0 Å². The first kappa shape index (κ1) is 9.30. The minimum atomic E-state index is 0.374. The molecule has 2 aliphatic rings. The molecule has 0 aliphatic carbocycles. The van der Waals surface area contributed by atoms with Crippen LogP contribution in [0, 0.1) is 0 Å². The zero-order valence-corrected chi connectivity index (χ0v) is 8.89. The molecule has 2 aliphatic heterocycles. The average Bonchev–Trinajstić information content (AvgIpc) is 2.87. The lowest BCUT2D eigenvalue weighted by molar-refractivity contribution is 0.264. The normalized spacial score (nSPS) is 26.8. The van der Waals surface area contributed by atoms with Crippen LogP contribution in [-0.4, -0.2) is 45.8 Å². The Balaban J connectivity index is 1.72. The first-order valence-electron chi connectivity index (χ1n) is 5.77. The standard InChI is InChI=1S/C10H17N5/c1-2-5-14(4-1)7-9-10-12-8-13-15(10)6-3-11-9/h8-9,11H,1-7H2. The summed E-state index contributed by atoms with van der Waals surface area (Å²) in [7, 11) is 0. The van der Waals surface area contributed by atoms with E-state index in [-0.39, 0.29) is 0 Å². The van der Waals surface area contributed by atoms with Crippen LogP contribution < -0.4 is 5.32 Å². The third kappa shape index (κ3) is 1.77. The van der Waals surface area contributed by atoms with Gasteiger partial charge in [0.15, 0.2) is 0 Å². The van der Waals surface area contributed by atoms with Gasteiger partial charge in [-0.15, -0.1) is 0 Å². The van der Waals surface area contributed by atoms with Gasteiger partial charge in [-0.1, -0.05) is 0 Å². The number of hydrogen-bond donors (Lipinski definition) is 1. The number of nitrogens with one attached hydrogen (secondary N) is 1. The highest BCUT2D eigenvalue weighted by molar-refractivity contribution is 4.99. The third-order valence-corrected chi connectivity index (χ3v) is 3.31. The molecule has 5 heteroatoms. The second-order valence-electron chi connectivity index (χ2n) is 4.36. The number of nitrogens with zero attached hydrogens (tertiary/aromatic N) is 4. The first-order valence-corrected chi connectivity index (χ1v) is 5.77. The summed E-state index contributed by atoms with van der Waals surface area (Å²) < 4.78 is 2.03. The van der Waals surface area contributed by atoms with Crippen molar-refractivity contribution in [2.75, 3.05) is 26.2 Å². The van der Waals surface area contributed by atoms with E-state index in [1.807, 2.05) is 4.68 Å². The number of hydrogen-bond acceptors (Lipinski definition) is 4. The Morgan fingerprint density at radius 1 is 1.33 bits per heavy atom. The Labute approximate surface area is 89.5 Å². The van der Waals surface area contributed by atoms with E-state index < -0.39 is 0 Å². The Morgan fingerprint density at radius 3 is 3.07 bits per heavy atom. The van der Waals surface area contributed by atoms with E-state index in [0.717, 1.165) is 25.5 Å². The Morgan fingerprint density at radius 2 is 2.20 bits per heavy atom. The van der Waals surface area contributed by atoms with Gasteiger partial charge in [0.2, 0.25) is 0 Å². The van der Waals surface area contributed by atoms with Crippen LogP contribution in [0.4, 0.5) is 0 Å². The molecule has 0 saturated carbocycles. The highest BCUT2D eigenvalue weighted by atomic mass is 15.4. The molecule has 0 spiro atoms. The summed E-state index contributed by atoms with van der Waals surface area (Å²) in [6.45, 7) is 5.53. The predicted octanol–water partition coefficient (Wildman–Crippen LogP) is 0.0182. The van der Waals surface area contributed by atoms with Crippen LogP contribution in [0.1, 0.15) is 24.7 Å². The fourth-order valence-corrected chi connectivity index (χ4v) is 2.52. The van der Waals surface area contributed by atoms with Crippen LogP contribution in [0.3, 0.4) is 0 Å². The van der Waals surface area contributed by atoms with E-state index in [4.69, 9.17) is 0 Å². The van der Waals surface area contributed by atoms with Gasteiger partial charge >= 0.3 is 0 Å². The molecular weight excluding hydrogens is 190 g/mol. The third-order valence-electron chi connectivity index (χ3n) is 3.31. The molecule has 1 atom stereocenters. The van der Waals surface area contributed by atoms with E-state index >= 15 is 0 Å². The molecular formula is C10H17N5. The van der Waals surface area contributed by atoms with E-state index in [1.54, 1.807) is 6.33 Å². The van der Waals surface area contributed by atoms with Gasteiger partial charge in [0.05, 0.1) is 12.6 Å². The van der Waals surface area contributed by atoms with Gasteiger partial charge in [-0.2, -0.15) is 5.10 Å².